The molecule has 3 atom stereocenters. The first-order valence-electron chi connectivity index (χ1n) is 18.7. The molecule has 4 aliphatic heterocycles. The number of anilines is 2. The lowest BCUT2D eigenvalue weighted by Crippen LogP contribution is -2.51. The summed E-state index contributed by atoms with van der Waals surface area (Å²) >= 11 is 0. The fourth-order valence-electron chi connectivity index (χ4n) is 9.00. The van der Waals surface area contributed by atoms with Crippen LogP contribution in [0.2, 0.25) is 0 Å². The molecule has 4 aliphatic rings. The van der Waals surface area contributed by atoms with Crippen molar-refractivity contribution in [2.45, 2.75) is 38.1 Å². The van der Waals surface area contributed by atoms with E-state index in [1.165, 1.54) is 11.8 Å². The summed E-state index contributed by atoms with van der Waals surface area (Å²) in [5.74, 6) is 0.315. The van der Waals surface area contributed by atoms with Crippen molar-refractivity contribution in [1.29, 1.82) is 0 Å². The molecular weight excluding hydrogens is 668 g/mol. The average Bonchev–Trinajstić information content (AvgIpc) is 3.74. The summed E-state index contributed by atoms with van der Waals surface area (Å²) in [7, 11) is 4.09. The number of morpholine rings is 1. The minimum atomic E-state index is -0.948. The summed E-state index contributed by atoms with van der Waals surface area (Å²) in [5, 5.41) is 5.15. The van der Waals surface area contributed by atoms with Gasteiger partial charge in [-0.1, -0.05) is 66.7 Å². The highest BCUT2D eigenvalue weighted by Gasteiger charge is 2.70. The first kappa shape index (κ1) is 35.1. The number of hydrogen-bond acceptors (Lipinski definition) is 8. The molecule has 4 saturated heterocycles. The summed E-state index contributed by atoms with van der Waals surface area (Å²) in [6.07, 6.45) is 0.712. The molecule has 4 heterocycles. The quantitative estimate of drug-likeness (QED) is 0.208. The molecule has 0 bridgehead atoms. The minimum Gasteiger partial charge on any atom is -0.487 e. The van der Waals surface area contributed by atoms with Crippen LogP contribution in [0.3, 0.4) is 0 Å². The molecule has 1 spiro atoms. The van der Waals surface area contributed by atoms with Gasteiger partial charge in [0.2, 0.25) is 5.91 Å². The van der Waals surface area contributed by atoms with Crippen molar-refractivity contribution >= 4 is 40.0 Å². The number of rotatable bonds is 11. The maximum atomic E-state index is 14.8. The van der Waals surface area contributed by atoms with Gasteiger partial charge in [0.05, 0.1) is 24.9 Å². The molecule has 0 aromatic heterocycles. The Hall–Kier alpha value is -4.97. The second-order valence-corrected chi connectivity index (χ2v) is 15.0. The summed E-state index contributed by atoms with van der Waals surface area (Å²) in [5.41, 5.74) is 3.92. The average molecular weight is 717 g/mol. The Morgan fingerprint density at radius 3 is 2.42 bits per heavy atom. The minimum absolute atomic E-state index is 0.0305. The number of fused-ring (bicyclic) bond motifs is 1. The zero-order valence-corrected chi connectivity index (χ0v) is 30.8. The number of carbonyl (C=O) groups excluding carboxylic acids is 3. The van der Waals surface area contributed by atoms with Crippen molar-refractivity contribution in [2.75, 3.05) is 76.8 Å². The Morgan fingerprint density at radius 2 is 1.66 bits per heavy atom. The summed E-state index contributed by atoms with van der Waals surface area (Å²) in [6, 6.07) is 28.1. The topological polar surface area (TPSA) is 97.9 Å². The largest absolute Gasteiger partial charge is 0.487 e. The number of amides is 4. The van der Waals surface area contributed by atoms with Crippen LogP contribution in [0.25, 0.3) is 10.8 Å². The van der Waals surface area contributed by atoms with Gasteiger partial charge in [-0.25, -0.2) is 4.79 Å². The third kappa shape index (κ3) is 6.51. The van der Waals surface area contributed by atoms with Crippen LogP contribution in [0.15, 0.2) is 84.9 Å². The molecule has 4 aromatic carbocycles. The molecule has 4 fully saturated rings. The Morgan fingerprint density at radius 1 is 0.906 bits per heavy atom. The number of ether oxygens (including phenoxy) is 2. The third-order valence-electron chi connectivity index (χ3n) is 11.4. The van der Waals surface area contributed by atoms with Gasteiger partial charge in [-0.15, -0.1) is 0 Å². The van der Waals surface area contributed by atoms with Crippen LogP contribution in [-0.2, 0) is 27.5 Å². The maximum absolute atomic E-state index is 14.8. The summed E-state index contributed by atoms with van der Waals surface area (Å²) in [4.78, 5) is 51.7. The van der Waals surface area contributed by atoms with E-state index in [2.05, 4.69) is 56.4 Å². The van der Waals surface area contributed by atoms with Crippen molar-refractivity contribution < 1.29 is 23.9 Å². The van der Waals surface area contributed by atoms with E-state index < -0.39 is 5.54 Å². The standard InChI is InChI=1S/C42H48N6O5/c1-29(49)43-36-15-13-31(23-39(36)53-27-30-9-5-4-6-10-30)25-46-26-32-24-38(35-14-16-37(44(2)3)34-12-8-7-11-33(34)35)48-41(51)47(40(50)42(32,48)28-46)18-17-45-19-21-52-22-20-45/h4-16,23,32,38H,17-22,24-28H2,1-3H3,(H,43,49)/t32-,38-,42+/m1/s1. The number of carbonyl (C=O) groups is 3. The van der Waals surface area contributed by atoms with Crippen LogP contribution in [-0.4, -0.2) is 110 Å². The van der Waals surface area contributed by atoms with E-state index in [9.17, 15) is 14.4 Å². The second-order valence-electron chi connectivity index (χ2n) is 15.0. The first-order chi connectivity index (χ1) is 25.7. The van der Waals surface area contributed by atoms with Gasteiger partial charge in [0.25, 0.3) is 5.91 Å². The number of likely N-dealkylation sites (tertiary alicyclic amines) is 1. The van der Waals surface area contributed by atoms with Crippen LogP contribution in [0, 0.1) is 5.92 Å². The molecule has 0 aliphatic carbocycles. The number of nitrogens with zero attached hydrogens (tertiary/aromatic N) is 5. The Balaban J connectivity index is 1.09. The molecule has 4 amide bonds. The van der Waals surface area contributed by atoms with Crippen LogP contribution in [0.4, 0.5) is 16.2 Å². The number of benzene rings is 4. The van der Waals surface area contributed by atoms with Gasteiger partial charge in [0.1, 0.15) is 17.9 Å². The highest BCUT2D eigenvalue weighted by Crippen LogP contribution is 2.56. The van der Waals surface area contributed by atoms with Gasteiger partial charge < -0.3 is 24.6 Å². The normalized spacial score (nSPS) is 23.1. The summed E-state index contributed by atoms with van der Waals surface area (Å²) < 4.78 is 11.8. The lowest BCUT2D eigenvalue weighted by molar-refractivity contribution is -0.133. The van der Waals surface area contributed by atoms with Gasteiger partial charge in [-0.05, 0) is 46.7 Å². The molecule has 8 rings (SSSR count). The fourth-order valence-corrected chi connectivity index (χ4v) is 9.00. The van der Waals surface area contributed by atoms with Crippen LogP contribution in [0.5, 0.6) is 5.75 Å². The van der Waals surface area contributed by atoms with Crippen LogP contribution in [0.1, 0.15) is 36.1 Å². The van der Waals surface area contributed by atoms with E-state index in [4.69, 9.17) is 9.47 Å². The monoisotopic (exact) mass is 716 g/mol. The molecule has 276 valence electrons. The van der Waals surface area contributed by atoms with E-state index in [1.54, 1.807) is 0 Å². The van der Waals surface area contributed by atoms with Crippen molar-refractivity contribution in [1.82, 2.24) is 19.6 Å². The Labute approximate surface area is 311 Å². The predicted molar refractivity (Wildman–Crippen MR) is 205 cm³/mol. The number of imide groups is 1. The van der Waals surface area contributed by atoms with Crippen LogP contribution >= 0.6 is 0 Å². The zero-order valence-electron chi connectivity index (χ0n) is 30.8. The van der Waals surface area contributed by atoms with E-state index in [1.807, 2.05) is 67.5 Å². The lowest BCUT2D eigenvalue weighted by atomic mass is 9.87. The molecule has 0 saturated carbocycles. The van der Waals surface area contributed by atoms with Crippen molar-refractivity contribution in [3.05, 3.63) is 102 Å². The molecular formula is C42H48N6O5. The van der Waals surface area contributed by atoms with Crippen molar-refractivity contribution in [2.24, 2.45) is 5.92 Å². The molecule has 11 nitrogen and oxygen atoms in total. The predicted octanol–water partition coefficient (Wildman–Crippen LogP) is 5.36. The van der Waals surface area contributed by atoms with E-state index in [-0.39, 0.29) is 29.8 Å². The molecule has 11 heteroatoms. The van der Waals surface area contributed by atoms with E-state index >= 15 is 0 Å². The number of urea groups is 1. The maximum Gasteiger partial charge on any atom is 0.328 e. The highest BCUT2D eigenvalue weighted by molar-refractivity contribution is 6.09. The van der Waals surface area contributed by atoms with Gasteiger partial charge in [-0.3, -0.25) is 24.3 Å². The SMILES string of the molecule is CC(=O)Nc1ccc(CN2C[C@H]3C[C@H](c4ccc(N(C)C)c5ccccc45)N4C(=O)N(CCN5CCOCC5)C(=O)[C@]34C2)cc1OCc1ccccc1. The first-order valence-corrected chi connectivity index (χ1v) is 18.7. The molecule has 53 heavy (non-hydrogen) atoms. The molecule has 4 aromatic rings. The fraction of sp³-hybridized carbons (Fsp3) is 0.405. The number of nitrogens with one attached hydrogen (secondary N) is 1. The van der Waals surface area contributed by atoms with Crippen molar-refractivity contribution in [3.63, 3.8) is 0 Å². The second kappa shape index (κ2) is 14.5. The lowest BCUT2D eigenvalue weighted by Gasteiger charge is -2.33. The molecule has 0 unspecified atom stereocenters. The van der Waals surface area contributed by atoms with E-state index in [0.29, 0.717) is 70.4 Å². The van der Waals surface area contributed by atoms with Gasteiger partial charge >= 0.3 is 6.03 Å². The van der Waals surface area contributed by atoms with Gasteiger partial charge in [0.15, 0.2) is 0 Å². The molecule has 0 radical (unpaired) electrons. The van der Waals surface area contributed by atoms with Gasteiger partial charge in [-0.2, -0.15) is 0 Å². The summed E-state index contributed by atoms with van der Waals surface area (Å²) in [6.45, 7) is 7.49. The van der Waals surface area contributed by atoms with Gasteiger partial charge in [0, 0.05) is 83.8 Å². The Kier molecular flexibility index (Phi) is 9.57. The van der Waals surface area contributed by atoms with Crippen molar-refractivity contribution in [3.8, 4) is 5.75 Å². The zero-order chi connectivity index (χ0) is 36.7. The highest BCUT2D eigenvalue weighted by atomic mass is 16.5. The molecule has 1 N–H and O–H groups in total. The third-order valence-corrected chi connectivity index (χ3v) is 11.4. The smallest absolute Gasteiger partial charge is 0.328 e. The van der Waals surface area contributed by atoms with Crippen LogP contribution < -0.4 is 15.0 Å². The Bertz CT molecular complexity index is 2020. The van der Waals surface area contributed by atoms with E-state index in [0.717, 1.165) is 46.2 Å². The number of hydrogen-bond donors (Lipinski definition) is 1.